The summed E-state index contributed by atoms with van der Waals surface area (Å²) in [5.74, 6) is -4.72. The number of hydrogen-bond donors (Lipinski definition) is 2. The number of carbonyl (C=O) groups is 2. The topological polar surface area (TPSA) is 103 Å². The van der Waals surface area contributed by atoms with Gasteiger partial charge in [-0.05, 0) is 31.2 Å². The van der Waals surface area contributed by atoms with E-state index in [1.807, 2.05) is 0 Å². The Labute approximate surface area is 198 Å². The van der Waals surface area contributed by atoms with Crippen molar-refractivity contribution in [1.29, 1.82) is 0 Å². The van der Waals surface area contributed by atoms with Gasteiger partial charge in [-0.2, -0.15) is 18.3 Å². The van der Waals surface area contributed by atoms with Crippen LogP contribution in [0.15, 0.2) is 42.5 Å². The third kappa shape index (κ3) is 4.72. The third-order valence-electron chi connectivity index (χ3n) is 5.32. The van der Waals surface area contributed by atoms with E-state index in [4.69, 9.17) is 5.73 Å². The largest absolute Gasteiger partial charge is 0.437 e. The van der Waals surface area contributed by atoms with Gasteiger partial charge in [0, 0.05) is 23.1 Å². The number of nitrogens with two attached hydrogens (primary N) is 1. The van der Waals surface area contributed by atoms with Crippen molar-refractivity contribution in [2.45, 2.75) is 19.6 Å². The minimum Gasteiger partial charge on any atom is -0.366 e. The molecule has 0 aliphatic heterocycles. The second kappa shape index (κ2) is 8.98. The summed E-state index contributed by atoms with van der Waals surface area (Å²) >= 11 is 0. The molecule has 7 nitrogen and oxygen atoms in total. The second-order valence-corrected chi connectivity index (χ2v) is 7.74. The number of rotatable bonds is 5. The molecule has 36 heavy (non-hydrogen) atoms. The van der Waals surface area contributed by atoms with Gasteiger partial charge in [-0.15, -0.1) is 0 Å². The summed E-state index contributed by atoms with van der Waals surface area (Å²) in [5.41, 5.74) is 1.97. The number of hydrogen-bond acceptors (Lipinski definition) is 4. The number of fused-ring (bicyclic) bond motifs is 1. The molecule has 0 unspecified atom stereocenters. The lowest BCUT2D eigenvalue weighted by Gasteiger charge is -2.11. The van der Waals surface area contributed by atoms with Gasteiger partial charge in [0.2, 0.25) is 5.91 Å². The van der Waals surface area contributed by atoms with Gasteiger partial charge in [0.05, 0.1) is 29.0 Å². The van der Waals surface area contributed by atoms with Gasteiger partial charge in [-0.25, -0.2) is 18.2 Å². The Morgan fingerprint density at radius 2 is 1.69 bits per heavy atom. The number of amides is 2. The van der Waals surface area contributed by atoms with Crippen LogP contribution in [0.4, 0.5) is 32.0 Å². The first-order chi connectivity index (χ1) is 16.8. The van der Waals surface area contributed by atoms with Crippen LogP contribution in [0.2, 0.25) is 0 Å². The Balaban J connectivity index is 1.76. The molecule has 3 N–H and O–H groups in total. The van der Waals surface area contributed by atoms with Gasteiger partial charge >= 0.3 is 6.18 Å². The Morgan fingerprint density at radius 3 is 2.33 bits per heavy atom. The Hall–Kier alpha value is -4.42. The lowest BCUT2D eigenvalue weighted by Crippen LogP contribution is -2.19. The highest BCUT2D eigenvalue weighted by atomic mass is 19.4. The number of pyridine rings is 1. The number of nitrogens with one attached hydrogen (secondary N) is 1. The van der Waals surface area contributed by atoms with Crippen molar-refractivity contribution in [3.05, 3.63) is 88.1 Å². The lowest BCUT2D eigenvalue weighted by atomic mass is 10.1. The van der Waals surface area contributed by atoms with Gasteiger partial charge in [-0.3, -0.25) is 14.3 Å². The molecule has 0 saturated heterocycles. The Bertz CT molecular complexity index is 1530. The van der Waals surface area contributed by atoms with Crippen LogP contribution in [-0.2, 0) is 12.7 Å². The number of aromatic nitrogens is 3. The molecule has 0 saturated carbocycles. The summed E-state index contributed by atoms with van der Waals surface area (Å²) in [6.45, 7) is 0.716. The van der Waals surface area contributed by atoms with Crippen molar-refractivity contribution >= 4 is 28.4 Å². The monoisotopic (exact) mass is 507 g/mol. The quantitative estimate of drug-likeness (QED) is 0.386. The summed E-state index contributed by atoms with van der Waals surface area (Å²) in [7, 11) is 0. The highest BCUT2D eigenvalue weighted by Crippen LogP contribution is 2.36. The van der Waals surface area contributed by atoms with Crippen molar-refractivity contribution in [2.75, 3.05) is 5.32 Å². The van der Waals surface area contributed by atoms with E-state index in [2.05, 4.69) is 15.4 Å². The van der Waals surface area contributed by atoms with E-state index >= 15 is 0 Å². The minimum absolute atomic E-state index is 0.119. The van der Waals surface area contributed by atoms with Crippen molar-refractivity contribution in [1.82, 2.24) is 14.8 Å². The van der Waals surface area contributed by atoms with Crippen LogP contribution in [0, 0.1) is 24.4 Å². The zero-order chi connectivity index (χ0) is 26.4. The Morgan fingerprint density at radius 1 is 1.03 bits per heavy atom. The average Bonchev–Trinajstić information content (AvgIpc) is 3.10. The molecule has 13 heteroatoms. The summed E-state index contributed by atoms with van der Waals surface area (Å²) in [6.07, 6.45) is -5.02. The zero-order valence-corrected chi connectivity index (χ0v) is 18.3. The van der Waals surface area contributed by atoms with Gasteiger partial charge in [0.1, 0.15) is 23.1 Å². The molecule has 2 heterocycles. The number of halogens is 6. The molecule has 0 spiro atoms. The molecule has 4 aromatic rings. The molecule has 0 bridgehead atoms. The van der Waals surface area contributed by atoms with Gasteiger partial charge < -0.3 is 11.1 Å². The van der Waals surface area contributed by atoms with Crippen LogP contribution in [0.5, 0.6) is 0 Å². The molecule has 186 valence electrons. The van der Waals surface area contributed by atoms with E-state index in [1.54, 1.807) is 0 Å². The lowest BCUT2D eigenvalue weighted by molar-refractivity contribution is -0.140. The smallest absolute Gasteiger partial charge is 0.366 e. The van der Waals surface area contributed by atoms with E-state index in [9.17, 15) is 35.9 Å². The van der Waals surface area contributed by atoms with Crippen molar-refractivity contribution < 1.29 is 35.9 Å². The van der Waals surface area contributed by atoms with Gasteiger partial charge in [-0.1, -0.05) is 6.07 Å². The zero-order valence-electron chi connectivity index (χ0n) is 18.3. The predicted octanol–water partition coefficient (Wildman–Crippen LogP) is 4.58. The first kappa shape index (κ1) is 24.7. The van der Waals surface area contributed by atoms with Crippen LogP contribution in [0.1, 0.15) is 37.8 Å². The fourth-order valence-corrected chi connectivity index (χ4v) is 3.56. The van der Waals surface area contributed by atoms with E-state index in [0.29, 0.717) is 6.07 Å². The van der Waals surface area contributed by atoms with Crippen LogP contribution in [0.25, 0.3) is 10.9 Å². The van der Waals surface area contributed by atoms with Crippen molar-refractivity contribution in [3.63, 3.8) is 0 Å². The molecular weight excluding hydrogens is 492 g/mol. The molecular formula is C23H15F6N5O2. The van der Waals surface area contributed by atoms with Crippen molar-refractivity contribution in [3.8, 4) is 0 Å². The maximum atomic E-state index is 14.1. The summed E-state index contributed by atoms with van der Waals surface area (Å²) in [4.78, 5) is 28.7. The third-order valence-corrected chi connectivity index (χ3v) is 5.32. The SMILES string of the molecule is Cc1c(NC(=O)c2cc(C(N)=O)c3ccc(F)cc3n2)c(C(F)(F)F)nn1Cc1ccc(F)cc1F. The molecule has 0 aliphatic rings. The van der Waals surface area contributed by atoms with E-state index in [0.717, 1.165) is 35.0 Å². The molecule has 0 radical (unpaired) electrons. The number of carbonyl (C=O) groups excluding carboxylic acids is 2. The standard InChI is InChI=1S/C23H15F6N5O2/c1-10-19(20(23(27,28)29)33-34(10)9-11-2-3-12(24)6-16(11)26)32-22(36)18-8-15(21(30)35)14-5-4-13(25)7-17(14)31-18/h2-8H,9H2,1H3,(H2,30,35)(H,32,36). The maximum absolute atomic E-state index is 14.1. The second-order valence-electron chi connectivity index (χ2n) is 7.74. The first-order valence-corrected chi connectivity index (χ1v) is 10.1. The summed E-state index contributed by atoms with van der Waals surface area (Å²) < 4.78 is 82.9. The predicted molar refractivity (Wildman–Crippen MR) is 116 cm³/mol. The number of primary amides is 1. The fraction of sp³-hybridized carbons (Fsp3) is 0.130. The van der Waals surface area contributed by atoms with E-state index in [-0.39, 0.29) is 27.7 Å². The van der Waals surface area contributed by atoms with Crippen LogP contribution >= 0.6 is 0 Å². The maximum Gasteiger partial charge on any atom is 0.437 e. The molecule has 0 atom stereocenters. The molecule has 2 aromatic heterocycles. The van der Waals surface area contributed by atoms with Gasteiger partial charge in [0.25, 0.3) is 5.91 Å². The molecule has 2 amide bonds. The number of alkyl halides is 3. The van der Waals surface area contributed by atoms with Crippen LogP contribution in [0.3, 0.4) is 0 Å². The number of anilines is 1. The van der Waals surface area contributed by atoms with E-state index in [1.165, 1.54) is 13.0 Å². The Kier molecular flexibility index (Phi) is 6.16. The number of benzene rings is 2. The van der Waals surface area contributed by atoms with E-state index < -0.39 is 59.1 Å². The average molecular weight is 507 g/mol. The van der Waals surface area contributed by atoms with Crippen LogP contribution < -0.4 is 11.1 Å². The van der Waals surface area contributed by atoms with Crippen molar-refractivity contribution in [2.24, 2.45) is 5.73 Å². The minimum atomic E-state index is -5.02. The summed E-state index contributed by atoms with van der Waals surface area (Å²) in [5, 5.41) is 5.68. The van der Waals surface area contributed by atoms with Crippen LogP contribution in [-0.4, -0.2) is 26.6 Å². The first-order valence-electron chi connectivity index (χ1n) is 10.1. The van der Waals surface area contributed by atoms with Gasteiger partial charge in [0.15, 0.2) is 5.69 Å². The normalized spacial score (nSPS) is 11.6. The molecule has 2 aromatic carbocycles. The highest BCUT2D eigenvalue weighted by molar-refractivity contribution is 6.10. The number of nitrogens with zero attached hydrogens (tertiary/aromatic N) is 3. The summed E-state index contributed by atoms with van der Waals surface area (Å²) in [6, 6.07) is 6.75. The highest BCUT2D eigenvalue weighted by Gasteiger charge is 2.39. The fourth-order valence-electron chi connectivity index (χ4n) is 3.56. The molecule has 4 rings (SSSR count). The molecule has 0 aliphatic carbocycles. The molecule has 0 fully saturated rings.